The van der Waals surface area contributed by atoms with Gasteiger partial charge < -0.3 is 9.84 Å². The second-order valence-electron chi connectivity index (χ2n) is 3.40. The fourth-order valence-corrected chi connectivity index (χ4v) is 1.29. The molecular weight excluding hydrogens is 144 g/mol. The Balaban J connectivity index is 2.41. The Morgan fingerprint density at radius 3 is 2.55 bits per heavy atom. The van der Waals surface area contributed by atoms with Crippen LogP contribution in [0.25, 0.3) is 0 Å². The molecule has 3 nitrogen and oxygen atoms in total. The number of carboxylic acids is 1. The molecular formula is C8H14O3. The van der Waals surface area contributed by atoms with Crippen LogP contribution in [0.2, 0.25) is 0 Å². The number of hydrogen-bond acceptors (Lipinski definition) is 2. The highest BCUT2D eigenvalue weighted by Crippen LogP contribution is 2.25. The van der Waals surface area contributed by atoms with Crippen molar-refractivity contribution in [2.24, 2.45) is 11.8 Å². The van der Waals surface area contributed by atoms with Crippen LogP contribution in [-0.4, -0.2) is 23.8 Å². The van der Waals surface area contributed by atoms with Gasteiger partial charge in [0.2, 0.25) is 0 Å². The molecule has 0 aromatic rings. The molecule has 0 unspecified atom stereocenters. The van der Waals surface area contributed by atoms with Gasteiger partial charge in [0.15, 0.2) is 6.10 Å². The Morgan fingerprint density at radius 1 is 1.64 bits per heavy atom. The van der Waals surface area contributed by atoms with E-state index < -0.39 is 12.1 Å². The van der Waals surface area contributed by atoms with Gasteiger partial charge in [-0.2, -0.15) is 0 Å². The molecule has 2 atom stereocenters. The van der Waals surface area contributed by atoms with E-state index in [4.69, 9.17) is 9.84 Å². The Morgan fingerprint density at radius 2 is 2.27 bits per heavy atom. The summed E-state index contributed by atoms with van der Waals surface area (Å²) in [5.74, 6) is 0.128. The van der Waals surface area contributed by atoms with E-state index >= 15 is 0 Å². The zero-order valence-electron chi connectivity index (χ0n) is 6.91. The molecule has 64 valence electrons. The van der Waals surface area contributed by atoms with E-state index in [1.807, 2.05) is 0 Å². The first-order valence-corrected chi connectivity index (χ1v) is 3.95. The molecule has 0 bridgehead atoms. The molecule has 0 spiro atoms. The SMILES string of the molecule is CC(C)[C@@H]1CO[C@@H](C(=O)O)C1. The summed E-state index contributed by atoms with van der Waals surface area (Å²) in [6, 6.07) is 0. The molecule has 1 fully saturated rings. The van der Waals surface area contributed by atoms with Gasteiger partial charge in [-0.15, -0.1) is 0 Å². The second-order valence-corrected chi connectivity index (χ2v) is 3.40. The molecule has 1 rings (SSSR count). The summed E-state index contributed by atoms with van der Waals surface area (Å²) in [6.45, 7) is 4.80. The second kappa shape index (κ2) is 3.22. The number of rotatable bonds is 2. The van der Waals surface area contributed by atoms with E-state index in [0.717, 1.165) is 0 Å². The number of ether oxygens (including phenoxy) is 1. The first-order valence-electron chi connectivity index (χ1n) is 3.95. The lowest BCUT2D eigenvalue weighted by molar-refractivity contribution is -0.147. The molecule has 11 heavy (non-hydrogen) atoms. The van der Waals surface area contributed by atoms with Crippen molar-refractivity contribution in [3.8, 4) is 0 Å². The largest absolute Gasteiger partial charge is 0.479 e. The van der Waals surface area contributed by atoms with E-state index in [0.29, 0.717) is 24.9 Å². The number of carbonyl (C=O) groups is 1. The van der Waals surface area contributed by atoms with Crippen molar-refractivity contribution < 1.29 is 14.6 Å². The van der Waals surface area contributed by atoms with Crippen LogP contribution in [0.5, 0.6) is 0 Å². The fourth-order valence-electron chi connectivity index (χ4n) is 1.29. The third-order valence-electron chi connectivity index (χ3n) is 2.25. The lowest BCUT2D eigenvalue weighted by Gasteiger charge is -2.10. The molecule has 1 aliphatic rings. The average molecular weight is 158 g/mol. The molecule has 1 N–H and O–H groups in total. The zero-order valence-corrected chi connectivity index (χ0v) is 6.91. The van der Waals surface area contributed by atoms with E-state index in [1.165, 1.54) is 0 Å². The van der Waals surface area contributed by atoms with E-state index in [9.17, 15) is 4.79 Å². The Labute approximate surface area is 66.4 Å². The van der Waals surface area contributed by atoms with Crippen molar-refractivity contribution in [3.05, 3.63) is 0 Å². The normalized spacial score (nSPS) is 31.2. The van der Waals surface area contributed by atoms with Crippen molar-refractivity contribution in [2.45, 2.75) is 26.4 Å². The zero-order chi connectivity index (χ0) is 8.43. The smallest absolute Gasteiger partial charge is 0.332 e. The van der Waals surface area contributed by atoms with E-state index in [-0.39, 0.29) is 0 Å². The van der Waals surface area contributed by atoms with Crippen molar-refractivity contribution in [2.75, 3.05) is 6.61 Å². The highest BCUT2D eigenvalue weighted by Gasteiger charge is 2.31. The minimum absolute atomic E-state index is 0.427. The Bertz CT molecular complexity index is 153. The highest BCUT2D eigenvalue weighted by molar-refractivity contribution is 5.72. The summed E-state index contributed by atoms with van der Waals surface area (Å²) in [5, 5.41) is 8.59. The molecule has 0 aromatic heterocycles. The van der Waals surface area contributed by atoms with Gasteiger partial charge in [-0.25, -0.2) is 4.79 Å². The summed E-state index contributed by atoms with van der Waals surface area (Å²) in [4.78, 5) is 10.4. The molecule has 0 radical (unpaired) electrons. The molecule has 1 heterocycles. The summed E-state index contributed by atoms with van der Waals surface area (Å²) >= 11 is 0. The molecule has 1 aliphatic heterocycles. The van der Waals surface area contributed by atoms with Crippen LogP contribution in [0.3, 0.4) is 0 Å². The number of aliphatic carboxylic acids is 1. The monoisotopic (exact) mass is 158 g/mol. The van der Waals surface area contributed by atoms with Crippen LogP contribution < -0.4 is 0 Å². The minimum atomic E-state index is -0.826. The van der Waals surface area contributed by atoms with Gasteiger partial charge >= 0.3 is 5.97 Å². The third kappa shape index (κ3) is 1.93. The maximum atomic E-state index is 10.4. The molecule has 0 saturated carbocycles. The Kier molecular flexibility index (Phi) is 2.49. The standard InChI is InChI=1S/C8H14O3/c1-5(2)6-3-7(8(9)10)11-4-6/h5-7H,3-4H2,1-2H3,(H,9,10)/t6-,7+/m0/s1. The first-order chi connectivity index (χ1) is 5.11. The topological polar surface area (TPSA) is 46.5 Å². The molecule has 3 heteroatoms. The van der Waals surface area contributed by atoms with Crippen LogP contribution >= 0.6 is 0 Å². The maximum absolute atomic E-state index is 10.4. The lowest BCUT2D eigenvalue weighted by Crippen LogP contribution is -2.18. The van der Waals surface area contributed by atoms with Crippen molar-refractivity contribution in [1.29, 1.82) is 0 Å². The quantitative estimate of drug-likeness (QED) is 0.655. The van der Waals surface area contributed by atoms with Crippen LogP contribution in [0.1, 0.15) is 20.3 Å². The predicted molar refractivity (Wildman–Crippen MR) is 40.3 cm³/mol. The van der Waals surface area contributed by atoms with Crippen LogP contribution in [0, 0.1) is 11.8 Å². The van der Waals surface area contributed by atoms with Gasteiger partial charge in [-0.3, -0.25) is 0 Å². The first kappa shape index (κ1) is 8.53. The van der Waals surface area contributed by atoms with Crippen molar-refractivity contribution >= 4 is 5.97 Å². The summed E-state index contributed by atoms with van der Waals surface area (Å²) in [7, 11) is 0. The van der Waals surface area contributed by atoms with Gasteiger partial charge in [0.05, 0.1) is 6.61 Å². The molecule has 0 amide bonds. The van der Waals surface area contributed by atoms with Gasteiger partial charge in [0.1, 0.15) is 0 Å². The van der Waals surface area contributed by atoms with E-state index in [1.54, 1.807) is 0 Å². The molecule has 0 aliphatic carbocycles. The van der Waals surface area contributed by atoms with Gasteiger partial charge in [0.25, 0.3) is 0 Å². The third-order valence-corrected chi connectivity index (χ3v) is 2.25. The average Bonchev–Trinajstić information content (AvgIpc) is 2.33. The van der Waals surface area contributed by atoms with Gasteiger partial charge in [-0.1, -0.05) is 13.8 Å². The van der Waals surface area contributed by atoms with Crippen molar-refractivity contribution in [1.82, 2.24) is 0 Å². The molecule has 0 aromatic carbocycles. The van der Waals surface area contributed by atoms with Crippen LogP contribution in [0.4, 0.5) is 0 Å². The van der Waals surface area contributed by atoms with Crippen LogP contribution in [0.15, 0.2) is 0 Å². The summed E-state index contributed by atoms with van der Waals surface area (Å²) in [5.41, 5.74) is 0. The summed E-state index contributed by atoms with van der Waals surface area (Å²) < 4.78 is 5.09. The maximum Gasteiger partial charge on any atom is 0.332 e. The van der Waals surface area contributed by atoms with Crippen LogP contribution in [-0.2, 0) is 9.53 Å². The Hall–Kier alpha value is -0.570. The van der Waals surface area contributed by atoms with Gasteiger partial charge in [0, 0.05) is 0 Å². The lowest BCUT2D eigenvalue weighted by atomic mass is 9.93. The number of hydrogen-bond donors (Lipinski definition) is 1. The number of carboxylic acid groups (broad SMARTS) is 1. The van der Waals surface area contributed by atoms with Crippen molar-refractivity contribution in [3.63, 3.8) is 0 Å². The fraction of sp³-hybridized carbons (Fsp3) is 0.875. The van der Waals surface area contributed by atoms with E-state index in [2.05, 4.69) is 13.8 Å². The van der Waals surface area contributed by atoms with Gasteiger partial charge in [-0.05, 0) is 18.3 Å². The predicted octanol–water partition coefficient (Wildman–Crippen LogP) is 1.13. The summed E-state index contributed by atoms with van der Waals surface area (Å²) in [6.07, 6.45) is 0.120. The minimum Gasteiger partial charge on any atom is -0.479 e. The molecule has 1 saturated heterocycles. The highest BCUT2D eigenvalue weighted by atomic mass is 16.5.